The molecule has 2 rings (SSSR count). The molecule has 3 atom stereocenters. The summed E-state index contributed by atoms with van der Waals surface area (Å²) in [6.45, 7) is 1.49. The summed E-state index contributed by atoms with van der Waals surface area (Å²) in [4.78, 5) is 11.8. The fourth-order valence-corrected chi connectivity index (χ4v) is 3.38. The summed E-state index contributed by atoms with van der Waals surface area (Å²) < 4.78 is 22.2. The van der Waals surface area contributed by atoms with E-state index in [9.17, 15) is 13.2 Å². The number of amides is 1. The zero-order valence-electron chi connectivity index (χ0n) is 14.3. The average molecular weight is 365 g/mol. The third-order valence-electron chi connectivity index (χ3n) is 4.80. The van der Waals surface area contributed by atoms with Crippen molar-refractivity contribution in [1.82, 2.24) is 5.48 Å². The molecule has 136 valence electrons. The average Bonchev–Trinajstić information content (AvgIpc) is 3.35. The topological polar surface area (TPSA) is 104 Å². The van der Waals surface area contributed by atoms with Crippen LogP contribution in [-0.4, -0.2) is 42.2 Å². The molecular weight excluding hydrogens is 342 g/mol. The van der Waals surface area contributed by atoms with Crippen molar-refractivity contribution in [2.24, 2.45) is 11.8 Å². The first-order valence-electron chi connectivity index (χ1n) is 8.06. The standard InChI is InChI=1S/C18H23NO5S/c1-18(17(21)19-22,25(2,23)24)10-9-14-5-3-13(4-6-14)7-8-15-11-16(15)12-20/h3-6,15-16,20,22H,9-12H2,1-2H3,(H,19,21). The number of benzene rings is 1. The number of aliphatic hydroxyl groups excluding tert-OH is 1. The second-order valence-corrected chi connectivity index (χ2v) is 9.14. The highest BCUT2D eigenvalue weighted by atomic mass is 32.2. The Morgan fingerprint density at radius 2 is 2.00 bits per heavy atom. The molecule has 3 N–H and O–H groups in total. The number of carbonyl (C=O) groups is 1. The van der Waals surface area contributed by atoms with Crippen molar-refractivity contribution in [2.75, 3.05) is 12.9 Å². The van der Waals surface area contributed by atoms with E-state index in [1.165, 1.54) is 12.4 Å². The van der Waals surface area contributed by atoms with Crippen molar-refractivity contribution >= 4 is 15.7 Å². The van der Waals surface area contributed by atoms with Gasteiger partial charge in [0.2, 0.25) is 0 Å². The molecule has 25 heavy (non-hydrogen) atoms. The predicted molar refractivity (Wildman–Crippen MR) is 93.5 cm³/mol. The van der Waals surface area contributed by atoms with Crippen molar-refractivity contribution in [1.29, 1.82) is 0 Å². The Labute approximate surface area is 148 Å². The fourth-order valence-electron chi connectivity index (χ4n) is 2.53. The van der Waals surface area contributed by atoms with Gasteiger partial charge >= 0.3 is 0 Å². The molecule has 0 radical (unpaired) electrons. The van der Waals surface area contributed by atoms with Crippen LogP contribution in [0.5, 0.6) is 0 Å². The first-order chi connectivity index (χ1) is 11.7. The first-order valence-corrected chi connectivity index (χ1v) is 9.96. The van der Waals surface area contributed by atoms with E-state index in [4.69, 9.17) is 10.3 Å². The van der Waals surface area contributed by atoms with Crippen LogP contribution in [0.2, 0.25) is 0 Å². The van der Waals surface area contributed by atoms with E-state index in [0.29, 0.717) is 12.3 Å². The minimum atomic E-state index is -3.69. The second-order valence-electron chi connectivity index (χ2n) is 6.70. The van der Waals surface area contributed by atoms with Crippen LogP contribution in [0.3, 0.4) is 0 Å². The molecule has 1 fully saturated rings. The van der Waals surface area contributed by atoms with Gasteiger partial charge in [0, 0.05) is 24.3 Å². The van der Waals surface area contributed by atoms with Crippen molar-refractivity contribution in [2.45, 2.75) is 30.9 Å². The van der Waals surface area contributed by atoms with E-state index in [1.54, 1.807) is 0 Å². The van der Waals surface area contributed by atoms with Crippen LogP contribution < -0.4 is 5.48 Å². The van der Waals surface area contributed by atoms with Gasteiger partial charge in [-0.05, 0) is 49.8 Å². The summed E-state index contributed by atoms with van der Waals surface area (Å²) in [5.74, 6) is 5.84. The molecule has 1 aromatic carbocycles. The van der Waals surface area contributed by atoms with Gasteiger partial charge < -0.3 is 5.11 Å². The molecule has 0 saturated heterocycles. The zero-order chi connectivity index (χ0) is 18.7. The van der Waals surface area contributed by atoms with Gasteiger partial charge in [0.15, 0.2) is 9.84 Å². The summed E-state index contributed by atoms with van der Waals surface area (Å²) in [5, 5.41) is 17.8. The number of aryl methyl sites for hydroxylation is 1. The lowest BCUT2D eigenvalue weighted by molar-refractivity contribution is -0.131. The van der Waals surface area contributed by atoms with Crippen LogP contribution in [0.25, 0.3) is 0 Å². The van der Waals surface area contributed by atoms with Crippen LogP contribution in [-0.2, 0) is 21.1 Å². The third-order valence-corrected chi connectivity index (χ3v) is 6.83. The Morgan fingerprint density at radius 1 is 1.36 bits per heavy atom. The van der Waals surface area contributed by atoms with Gasteiger partial charge in [-0.1, -0.05) is 24.0 Å². The highest BCUT2D eigenvalue weighted by Gasteiger charge is 2.43. The second kappa shape index (κ2) is 7.56. The normalized spacial score (nSPS) is 21.6. The lowest BCUT2D eigenvalue weighted by Gasteiger charge is -2.25. The van der Waals surface area contributed by atoms with E-state index in [-0.39, 0.29) is 18.9 Å². The van der Waals surface area contributed by atoms with E-state index in [2.05, 4.69) is 11.8 Å². The summed E-state index contributed by atoms with van der Waals surface area (Å²) in [5.41, 5.74) is 3.18. The monoisotopic (exact) mass is 365 g/mol. The molecule has 1 aliphatic carbocycles. The fraction of sp³-hybridized carbons (Fsp3) is 0.500. The number of hydrogen-bond donors (Lipinski definition) is 3. The lowest BCUT2D eigenvalue weighted by Crippen LogP contribution is -2.49. The molecule has 6 nitrogen and oxygen atoms in total. The number of nitrogens with one attached hydrogen (secondary N) is 1. The molecule has 7 heteroatoms. The molecular formula is C18H23NO5S. The number of aliphatic hydroxyl groups is 1. The summed E-state index contributed by atoms with van der Waals surface area (Å²) in [7, 11) is -3.69. The number of sulfone groups is 1. The van der Waals surface area contributed by atoms with Crippen molar-refractivity contribution in [3.05, 3.63) is 35.4 Å². The number of carbonyl (C=O) groups excluding carboxylic acids is 1. The molecule has 0 aliphatic heterocycles. The third kappa shape index (κ3) is 4.60. The van der Waals surface area contributed by atoms with Gasteiger partial charge in [-0.15, -0.1) is 0 Å². The molecule has 1 aromatic rings. The molecule has 0 bridgehead atoms. The summed E-state index contributed by atoms with van der Waals surface area (Å²) in [6.07, 6.45) is 2.36. The molecule has 1 amide bonds. The summed E-state index contributed by atoms with van der Waals surface area (Å²) >= 11 is 0. The van der Waals surface area contributed by atoms with Crippen molar-refractivity contribution in [3.63, 3.8) is 0 Å². The van der Waals surface area contributed by atoms with Gasteiger partial charge in [0.25, 0.3) is 5.91 Å². The van der Waals surface area contributed by atoms with Gasteiger partial charge in [-0.25, -0.2) is 13.9 Å². The van der Waals surface area contributed by atoms with Crippen LogP contribution in [0.4, 0.5) is 0 Å². The Morgan fingerprint density at radius 3 is 2.48 bits per heavy atom. The highest BCUT2D eigenvalue weighted by Crippen LogP contribution is 2.37. The molecule has 3 unspecified atom stereocenters. The Balaban J connectivity index is 2.02. The van der Waals surface area contributed by atoms with Crippen molar-refractivity contribution in [3.8, 4) is 11.8 Å². The molecule has 1 aliphatic rings. The maximum absolute atomic E-state index is 11.9. The van der Waals surface area contributed by atoms with E-state index in [0.717, 1.165) is 23.8 Å². The smallest absolute Gasteiger partial charge is 0.264 e. The minimum Gasteiger partial charge on any atom is -0.396 e. The first kappa shape index (κ1) is 19.4. The molecule has 1 saturated carbocycles. The van der Waals surface area contributed by atoms with Crippen LogP contribution in [0, 0.1) is 23.7 Å². The number of hydrogen-bond acceptors (Lipinski definition) is 5. The Hall–Kier alpha value is -1.88. The largest absolute Gasteiger partial charge is 0.396 e. The minimum absolute atomic E-state index is 0.0590. The molecule has 0 spiro atoms. The van der Waals surface area contributed by atoms with Gasteiger partial charge in [-0.2, -0.15) is 0 Å². The summed E-state index contributed by atoms with van der Waals surface area (Å²) in [6, 6.07) is 7.39. The van der Waals surface area contributed by atoms with Crippen LogP contribution in [0.15, 0.2) is 24.3 Å². The molecule has 0 aromatic heterocycles. The number of rotatable bonds is 6. The van der Waals surface area contributed by atoms with Crippen molar-refractivity contribution < 1.29 is 23.5 Å². The Bertz CT molecular complexity index is 791. The van der Waals surface area contributed by atoms with E-state index < -0.39 is 20.5 Å². The maximum Gasteiger partial charge on any atom is 0.264 e. The van der Waals surface area contributed by atoms with Gasteiger partial charge in [-0.3, -0.25) is 10.0 Å². The Kier molecular flexibility index (Phi) is 5.88. The lowest BCUT2D eigenvalue weighted by atomic mass is 9.99. The zero-order valence-corrected chi connectivity index (χ0v) is 15.1. The maximum atomic E-state index is 11.9. The van der Waals surface area contributed by atoms with Gasteiger partial charge in [0.1, 0.15) is 4.75 Å². The number of hydroxylamine groups is 1. The predicted octanol–water partition coefficient (Wildman–Crippen LogP) is 0.908. The van der Waals surface area contributed by atoms with Crippen LogP contribution >= 0.6 is 0 Å². The van der Waals surface area contributed by atoms with Gasteiger partial charge in [0.05, 0.1) is 0 Å². The highest BCUT2D eigenvalue weighted by molar-refractivity contribution is 7.92. The SMILES string of the molecule is CC(CCc1ccc(C#CC2CC2CO)cc1)(C(=O)NO)S(C)(=O)=O. The quantitative estimate of drug-likeness (QED) is 0.395. The van der Waals surface area contributed by atoms with E-state index in [1.807, 2.05) is 24.3 Å². The molecule has 0 heterocycles. The van der Waals surface area contributed by atoms with Crippen LogP contribution in [0.1, 0.15) is 30.9 Å². The van der Waals surface area contributed by atoms with E-state index >= 15 is 0 Å².